The van der Waals surface area contributed by atoms with Crippen molar-refractivity contribution in [1.29, 1.82) is 0 Å². The van der Waals surface area contributed by atoms with Gasteiger partial charge >= 0.3 is 0 Å². The third-order valence-electron chi connectivity index (χ3n) is 11.5. The van der Waals surface area contributed by atoms with Crippen LogP contribution in [0.1, 0.15) is 25.0 Å². The molecule has 3 heteroatoms. The summed E-state index contributed by atoms with van der Waals surface area (Å²) in [5, 5.41) is 4.55. The summed E-state index contributed by atoms with van der Waals surface area (Å²) in [6.07, 6.45) is 0. The van der Waals surface area contributed by atoms with Crippen molar-refractivity contribution in [2.24, 2.45) is 0 Å². The van der Waals surface area contributed by atoms with Crippen molar-refractivity contribution >= 4 is 60.9 Å². The van der Waals surface area contributed by atoms with Crippen molar-refractivity contribution in [3.05, 3.63) is 187 Å². The largest absolute Gasteiger partial charge is 0.456 e. The maximum absolute atomic E-state index is 6.12. The fourth-order valence-electron chi connectivity index (χ4n) is 8.70. The highest BCUT2D eigenvalue weighted by Gasteiger charge is 2.35. The van der Waals surface area contributed by atoms with E-state index in [4.69, 9.17) is 8.83 Å². The third kappa shape index (κ3) is 4.68. The van der Waals surface area contributed by atoms with E-state index in [1.54, 1.807) is 0 Å². The number of anilines is 3. The molecule has 0 unspecified atom stereocenters. The lowest BCUT2D eigenvalue weighted by Gasteiger charge is -2.28. The zero-order valence-electron chi connectivity index (χ0n) is 30.0. The summed E-state index contributed by atoms with van der Waals surface area (Å²) in [6.45, 7) is 4.69. The predicted molar refractivity (Wildman–Crippen MR) is 224 cm³/mol. The van der Waals surface area contributed by atoms with Gasteiger partial charge < -0.3 is 13.7 Å². The molecule has 2 heterocycles. The van der Waals surface area contributed by atoms with E-state index in [1.807, 2.05) is 24.3 Å². The molecule has 1 aliphatic rings. The Balaban J connectivity index is 1.01. The smallest absolute Gasteiger partial charge is 0.135 e. The van der Waals surface area contributed by atoms with Gasteiger partial charge in [0, 0.05) is 44.0 Å². The van der Waals surface area contributed by atoms with Gasteiger partial charge in [0.2, 0.25) is 0 Å². The van der Waals surface area contributed by atoms with Crippen LogP contribution < -0.4 is 4.90 Å². The van der Waals surface area contributed by atoms with Gasteiger partial charge in [-0.25, -0.2) is 0 Å². The summed E-state index contributed by atoms with van der Waals surface area (Å²) < 4.78 is 12.2. The molecule has 0 atom stereocenters. The topological polar surface area (TPSA) is 29.5 Å². The highest BCUT2D eigenvalue weighted by Crippen LogP contribution is 2.50. The summed E-state index contributed by atoms with van der Waals surface area (Å²) in [6, 6.07) is 63.2. The molecule has 1 aliphatic carbocycles. The quantitative estimate of drug-likeness (QED) is 0.180. The van der Waals surface area contributed by atoms with Crippen LogP contribution in [0.4, 0.5) is 17.1 Å². The Morgan fingerprint density at radius 2 is 0.796 bits per heavy atom. The fraction of sp³-hybridized carbons (Fsp3) is 0.0588. The van der Waals surface area contributed by atoms with Crippen molar-refractivity contribution in [3.63, 3.8) is 0 Å². The Morgan fingerprint density at radius 1 is 0.352 bits per heavy atom. The number of hydrogen-bond donors (Lipinski definition) is 0. The van der Waals surface area contributed by atoms with Crippen LogP contribution in [0, 0.1) is 0 Å². The molecule has 3 nitrogen and oxygen atoms in total. The SMILES string of the molecule is CC1(C)c2ccccc2-c2ccc(N(c3ccc(-c4ccc5oc6ccccc6c5c4)cc3)c3ccc(-c4ccc5oc6ccccc6c5c4)cc3)cc21. The van der Waals surface area contributed by atoms with Gasteiger partial charge in [0.25, 0.3) is 0 Å². The van der Waals surface area contributed by atoms with Gasteiger partial charge in [0.05, 0.1) is 0 Å². The van der Waals surface area contributed by atoms with E-state index in [-0.39, 0.29) is 5.41 Å². The Kier molecular flexibility index (Phi) is 6.60. The summed E-state index contributed by atoms with van der Waals surface area (Å²) in [5.74, 6) is 0. The van der Waals surface area contributed by atoms with Gasteiger partial charge in [-0.1, -0.05) is 117 Å². The second-order valence-electron chi connectivity index (χ2n) is 14.9. The average Bonchev–Trinajstić information content (AvgIpc) is 3.86. The third-order valence-corrected chi connectivity index (χ3v) is 11.5. The number of fused-ring (bicyclic) bond motifs is 9. The van der Waals surface area contributed by atoms with Crippen LogP contribution in [0.2, 0.25) is 0 Å². The van der Waals surface area contributed by atoms with Crippen molar-refractivity contribution in [3.8, 4) is 33.4 Å². The molecular weight excluding hydrogens is 659 g/mol. The molecule has 0 radical (unpaired) electrons. The van der Waals surface area contributed by atoms with Gasteiger partial charge in [-0.15, -0.1) is 0 Å². The number of rotatable bonds is 5. The first-order valence-corrected chi connectivity index (χ1v) is 18.6. The Hall–Kier alpha value is -6.84. The van der Waals surface area contributed by atoms with Crippen LogP contribution in [0.25, 0.3) is 77.3 Å². The number of furan rings is 2. The first kappa shape index (κ1) is 30.8. The molecule has 11 rings (SSSR count). The molecule has 0 amide bonds. The van der Waals surface area contributed by atoms with Crippen LogP contribution >= 0.6 is 0 Å². The lowest BCUT2D eigenvalue weighted by molar-refractivity contribution is 0.660. The zero-order valence-corrected chi connectivity index (χ0v) is 30.0. The van der Waals surface area contributed by atoms with E-state index in [0.29, 0.717) is 0 Å². The fourth-order valence-corrected chi connectivity index (χ4v) is 8.70. The van der Waals surface area contributed by atoms with Gasteiger partial charge in [0.15, 0.2) is 0 Å². The maximum Gasteiger partial charge on any atom is 0.135 e. The Bertz CT molecular complexity index is 2910. The molecule has 0 saturated heterocycles. The highest BCUT2D eigenvalue weighted by atomic mass is 16.3. The summed E-state index contributed by atoms with van der Waals surface area (Å²) in [4.78, 5) is 2.38. The molecular formula is C51H35NO2. The van der Waals surface area contributed by atoms with E-state index in [1.165, 1.54) is 22.3 Å². The number of para-hydroxylation sites is 2. The summed E-state index contributed by atoms with van der Waals surface area (Å²) in [5.41, 5.74) is 16.9. The first-order valence-electron chi connectivity index (χ1n) is 18.6. The van der Waals surface area contributed by atoms with Gasteiger partial charge in [-0.2, -0.15) is 0 Å². The average molecular weight is 694 g/mol. The monoisotopic (exact) mass is 693 g/mol. The second-order valence-corrected chi connectivity index (χ2v) is 14.9. The lowest BCUT2D eigenvalue weighted by atomic mass is 9.82. The van der Waals surface area contributed by atoms with Crippen LogP contribution in [-0.4, -0.2) is 0 Å². The van der Waals surface area contributed by atoms with Gasteiger partial charge in [0.1, 0.15) is 22.3 Å². The normalized spacial score (nSPS) is 13.1. The molecule has 54 heavy (non-hydrogen) atoms. The predicted octanol–water partition coefficient (Wildman–Crippen LogP) is 14.6. The summed E-state index contributed by atoms with van der Waals surface area (Å²) >= 11 is 0. The number of hydrogen-bond acceptors (Lipinski definition) is 3. The van der Waals surface area contributed by atoms with Gasteiger partial charge in [-0.3, -0.25) is 0 Å². The molecule has 0 bridgehead atoms. The minimum absolute atomic E-state index is 0.104. The minimum atomic E-state index is -0.104. The zero-order chi connectivity index (χ0) is 36.0. The molecule has 0 spiro atoms. The molecule has 256 valence electrons. The summed E-state index contributed by atoms with van der Waals surface area (Å²) in [7, 11) is 0. The van der Waals surface area contributed by atoms with Crippen LogP contribution in [-0.2, 0) is 5.41 Å². The number of nitrogens with zero attached hydrogens (tertiary/aromatic N) is 1. The van der Waals surface area contributed by atoms with E-state index in [0.717, 1.165) is 83.2 Å². The number of benzene rings is 8. The Morgan fingerprint density at radius 3 is 1.37 bits per heavy atom. The van der Waals surface area contributed by atoms with Gasteiger partial charge in [-0.05, 0) is 117 Å². The highest BCUT2D eigenvalue weighted by molar-refractivity contribution is 6.07. The standard InChI is InChI=1S/C51H35NO2/c1-51(2)45-12-6-3-9-39(45)40-26-25-38(31-46(40)51)52(36-21-15-32(16-22-36)34-19-27-49-43(29-34)41-10-4-7-13-47(41)53-49)37-23-17-33(18-24-37)35-20-28-50-44(30-35)42-11-5-8-14-48(42)54-50/h3-31H,1-2H3. The molecule has 10 aromatic rings. The molecule has 0 fully saturated rings. The second kappa shape index (κ2) is 11.6. The minimum Gasteiger partial charge on any atom is -0.456 e. The van der Waals surface area contributed by atoms with Crippen molar-refractivity contribution < 1.29 is 8.83 Å². The lowest BCUT2D eigenvalue weighted by Crippen LogP contribution is -2.16. The molecule has 0 N–H and O–H groups in total. The maximum atomic E-state index is 6.12. The van der Waals surface area contributed by atoms with E-state index >= 15 is 0 Å². The molecule has 0 aliphatic heterocycles. The molecule has 0 saturated carbocycles. The molecule has 8 aromatic carbocycles. The van der Waals surface area contributed by atoms with Crippen LogP contribution in [0.5, 0.6) is 0 Å². The van der Waals surface area contributed by atoms with E-state index in [9.17, 15) is 0 Å². The first-order chi connectivity index (χ1) is 26.5. The van der Waals surface area contributed by atoms with Crippen molar-refractivity contribution in [2.75, 3.05) is 4.90 Å². The van der Waals surface area contributed by atoms with Crippen molar-refractivity contribution in [1.82, 2.24) is 0 Å². The van der Waals surface area contributed by atoms with E-state index < -0.39 is 0 Å². The Labute approximate surface area is 313 Å². The van der Waals surface area contributed by atoms with Crippen molar-refractivity contribution in [2.45, 2.75) is 19.3 Å². The van der Waals surface area contributed by atoms with E-state index in [2.05, 4.69) is 170 Å². The van der Waals surface area contributed by atoms with Crippen LogP contribution in [0.15, 0.2) is 185 Å². The molecule has 2 aromatic heterocycles. The van der Waals surface area contributed by atoms with Crippen LogP contribution in [0.3, 0.4) is 0 Å².